The van der Waals surface area contributed by atoms with Crippen molar-refractivity contribution in [1.29, 1.82) is 0 Å². The van der Waals surface area contributed by atoms with Crippen LogP contribution < -0.4 is 14.2 Å². The van der Waals surface area contributed by atoms with Gasteiger partial charge in [0.2, 0.25) is 0 Å². The standard InChI is InChI=1S/C16H16Cl2O3/c1-19-13-4-6-14(7-5-13)20-9-2-10-21-16-11-12(17)3-8-15(16)18/h3-8,11H,2,9-10H2,1H3. The maximum atomic E-state index is 6.01. The second-order valence-corrected chi connectivity index (χ2v) is 5.14. The van der Waals surface area contributed by atoms with E-state index in [1.54, 1.807) is 25.3 Å². The number of hydrogen-bond donors (Lipinski definition) is 0. The summed E-state index contributed by atoms with van der Waals surface area (Å²) in [6.45, 7) is 1.07. The molecule has 2 rings (SSSR count). The van der Waals surface area contributed by atoms with Crippen LogP contribution in [0.4, 0.5) is 0 Å². The zero-order valence-electron chi connectivity index (χ0n) is 11.6. The summed E-state index contributed by atoms with van der Waals surface area (Å²) in [5.41, 5.74) is 0. The number of ether oxygens (including phenoxy) is 3. The van der Waals surface area contributed by atoms with Gasteiger partial charge in [0.1, 0.15) is 17.2 Å². The van der Waals surface area contributed by atoms with Gasteiger partial charge in [-0.05, 0) is 36.4 Å². The van der Waals surface area contributed by atoms with Crippen molar-refractivity contribution in [2.24, 2.45) is 0 Å². The molecule has 0 heterocycles. The maximum Gasteiger partial charge on any atom is 0.139 e. The number of rotatable bonds is 7. The first-order chi connectivity index (χ1) is 10.2. The van der Waals surface area contributed by atoms with Crippen molar-refractivity contribution in [2.75, 3.05) is 20.3 Å². The molecule has 0 fully saturated rings. The lowest BCUT2D eigenvalue weighted by Crippen LogP contribution is -2.05. The fourth-order valence-electron chi connectivity index (χ4n) is 1.69. The Labute approximate surface area is 134 Å². The Morgan fingerprint density at radius 2 is 1.52 bits per heavy atom. The van der Waals surface area contributed by atoms with Gasteiger partial charge in [0, 0.05) is 17.5 Å². The first-order valence-corrected chi connectivity index (χ1v) is 7.29. The van der Waals surface area contributed by atoms with E-state index in [-0.39, 0.29) is 0 Å². The lowest BCUT2D eigenvalue weighted by atomic mass is 10.3. The predicted octanol–water partition coefficient (Wildman–Crippen LogP) is 4.85. The smallest absolute Gasteiger partial charge is 0.139 e. The molecule has 0 aromatic heterocycles. The Morgan fingerprint density at radius 3 is 2.24 bits per heavy atom. The van der Waals surface area contributed by atoms with E-state index in [1.165, 1.54) is 0 Å². The SMILES string of the molecule is COc1ccc(OCCCOc2cc(Cl)ccc2Cl)cc1. The molecule has 112 valence electrons. The highest BCUT2D eigenvalue weighted by atomic mass is 35.5. The van der Waals surface area contributed by atoms with E-state index in [0.717, 1.165) is 17.9 Å². The zero-order chi connectivity index (χ0) is 15.1. The fourth-order valence-corrected chi connectivity index (χ4v) is 2.03. The largest absolute Gasteiger partial charge is 0.497 e. The van der Waals surface area contributed by atoms with Gasteiger partial charge < -0.3 is 14.2 Å². The maximum absolute atomic E-state index is 6.01. The normalized spacial score (nSPS) is 10.2. The molecule has 0 saturated heterocycles. The monoisotopic (exact) mass is 326 g/mol. The van der Waals surface area contributed by atoms with Gasteiger partial charge in [-0.25, -0.2) is 0 Å². The van der Waals surface area contributed by atoms with Gasteiger partial charge in [0.25, 0.3) is 0 Å². The molecular weight excluding hydrogens is 311 g/mol. The average molecular weight is 327 g/mol. The lowest BCUT2D eigenvalue weighted by Gasteiger charge is -2.09. The molecule has 0 aliphatic rings. The molecule has 2 aromatic carbocycles. The number of methoxy groups -OCH3 is 1. The van der Waals surface area contributed by atoms with E-state index in [0.29, 0.717) is 29.0 Å². The second-order valence-electron chi connectivity index (χ2n) is 4.30. The molecule has 5 heteroatoms. The Hall–Kier alpha value is -1.58. The van der Waals surface area contributed by atoms with Gasteiger partial charge in [-0.2, -0.15) is 0 Å². The molecule has 0 atom stereocenters. The third-order valence-corrected chi connectivity index (χ3v) is 3.31. The van der Waals surface area contributed by atoms with E-state index in [9.17, 15) is 0 Å². The van der Waals surface area contributed by atoms with Gasteiger partial charge in [0.15, 0.2) is 0 Å². The van der Waals surface area contributed by atoms with Crippen molar-refractivity contribution < 1.29 is 14.2 Å². The molecule has 0 radical (unpaired) electrons. The number of hydrogen-bond acceptors (Lipinski definition) is 3. The first kappa shape index (κ1) is 15.8. The third-order valence-electron chi connectivity index (χ3n) is 2.77. The molecule has 0 N–H and O–H groups in total. The zero-order valence-corrected chi connectivity index (χ0v) is 13.2. The van der Waals surface area contributed by atoms with Crippen molar-refractivity contribution in [2.45, 2.75) is 6.42 Å². The minimum Gasteiger partial charge on any atom is -0.497 e. The summed E-state index contributed by atoms with van der Waals surface area (Å²) in [6, 6.07) is 12.6. The minimum absolute atomic E-state index is 0.510. The molecule has 0 spiro atoms. The third kappa shape index (κ3) is 5.03. The Balaban J connectivity index is 1.71. The van der Waals surface area contributed by atoms with E-state index in [4.69, 9.17) is 37.4 Å². The molecule has 0 amide bonds. The summed E-state index contributed by atoms with van der Waals surface area (Å²) >= 11 is 11.9. The summed E-state index contributed by atoms with van der Waals surface area (Å²) in [4.78, 5) is 0. The van der Waals surface area contributed by atoms with Crippen LogP contribution >= 0.6 is 23.2 Å². The van der Waals surface area contributed by atoms with E-state index < -0.39 is 0 Å². The van der Waals surface area contributed by atoms with Crippen LogP contribution in [0.15, 0.2) is 42.5 Å². The minimum atomic E-state index is 0.510. The van der Waals surface area contributed by atoms with Gasteiger partial charge in [0.05, 0.1) is 25.3 Å². The van der Waals surface area contributed by atoms with E-state index in [1.807, 2.05) is 24.3 Å². The Morgan fingerprint density at radius 1 is 0.857 bits per heavy atom. The van der Waals surface area contributed by atoms with Gasteiger partial charge >= 0.3 is 0 Å². The average Bonchev–Trinajstić information content (AvgIpc) is 2.51. The van der Waals surface area contributed by atoms with Gasteiger partial charge in [-0.15, -0.1) is 0 Å². The quantitative estimate of drug-likeness (QED) is 0.681. The van der Waals surface area contributed by atoms with Crippen LogP contribution in [0.5, 0.6) is 17.2 Å². The lowest BCUT2D eigenvalue weighted by molar-refractivity contribution is 0.247. The highest BCUT2D eigenvalue weighted by Crippen LogP contribution is 2.27. The van der Waals surface area contributed by atoms with Crippen LogP contribution in [0.2, 0.25) is 10.0 Å². The summed E-state index contributed by atoms with van der Waals surface area (Å²) in [6.07, 6.45) is 0.745. The topological polar surface area (TPSA) is 27.7 Å². The molecular formula is C16H16Cl2O3. The van der Waals surface area contributed by atoms with Crippen LogP contribution in [-0.2, 0) is 0 Å². The van der Waals surface area contributed by atoms with Crippen molar-refractivity contribution in [3.05, 3.63) is 52.5 Å². The second kappa shape index (κ2) is 8.01. The molecule has 0 aliphatic carbocycles. The summed E-state index contributed by atoms with van der Waals surface area (Å²) < 4.78 is 16.3. The summed E-state index contributed by atoms with van der Waals surface area (Å²) in [5.74, 6) is 2.20. The molecule has 2 aromatic rings. The van der Waals surface area contributed by atoms with E-state index in [2.05, 4.69) is 0 Å². The van der Waals surface area contributed by atoms with Crippen molar-refractivity contribution in [1.82, 2.24) is 0 Å². The van der Waals surface area contributed by atoms with Crippen LogP contribution in [0.3, 0.4) is 0 Å². The van der Waals surface area contributed by atoms with Crippen molar-refractivity contribution in [3.63, 3.8) is 0 Å². The summed E-state index contributed by atoms with van der Waals surface area (Å²) in [7, 11) is 1.63. The Kier molecular flexibility index (Phi) is 6.03. The number of benzene rings is 2. The number of halogens is 2. The molecule has 21 heavy (non-hydrogen) atoms. The first-order valence-electron chi connectivity index (χ1n) is 6.54. The van der Waals surface area contributed by atoms with Crippen LogP contribution in [0.25, 0.3) is 0 Å². The van der Waals surface area contributed by atoms with Gasteiger partial charge in [-0.1, -0.05) is 23.2 Å². The van der Waals surface area contributed by atoms with Crippen LogP contribution in [-0.4, -0.2) is 20.3 Å². The molecule has 0 saturated carbocycles. The highest BCUT2D eigenvalue weighted by Gasteiger charge is 2.02. The highest BCUT2D eigenvalue weighted by molar-refractivity contribution is 6.34. The molecule has 0 bridgehead atoms. The molecule has 0 aliphatic heterocycles. The van der Waals surface area contributed by atoms with Crippen LogP contribution in [0.1, 0.15) is 6.42 Å². The van der Waals surface area contributed by atoms with E-state index >= 15 is 0 Å². The van der Waals surface area contributed by atoms with Crippen molar-refractivity contribution >= 4 is 23.2 Å². The summed E-state index contributed by atoms with van der Waals surface area (Å²) in [5, 5.41) is 1.15. The van der Waals surface area contributed by atoms with Crippen molar-refractivity contribution in [3.8, 4) is 17.2 Å². The fraction of sp³-hybridized carbons (Fsp3) is 0.250. The van der Waals surface area contributed by atoms with Crippen LogP contribution in [0, 0.1) is 0 Å². The Bertz CT molecular complexity index is 570. The predicted molar refractivity (Wildman–Crippen MR) is 85.1 cm³/mol. The molecule has 0 unspecified atom stereocenters. The van der Waals surface area contributed by atoms with Gasteiger partial charge in [-0.3, -0.25) is 0 Å². The molecule has 3 nitrogen and oxygen atoms in total.